The van der Waals surface area contributed by atoms with Gasteiger partial charge in [-0.2, -0.15) is 4.84 Å². The van der Waals surface area contributed by atoms with Gasteiger partial charge in [-0.25, -0.2) is 0 Å². The van der Waals surface area contributed by atoms with E-state index in [4.69, 9.17) is 16.3 Å². The van der Waals surface area contributed by atoms with E-state index in [1.165, 1.54) is 0 Å². The smallest absolute Gasteiger partial charge is 0.165 e. The minimum atomic E-state index is 0.186. The Hall–Kier alpha value is -0.940. The lowest BCUT2D eigenvalue weighted by molar-refractivity contribution is -0.125. The van der Waals surface area contributed by atoms with Crippen molar-refractivity contribution in [2.75, 3.05) is 26.9 Å². The highest BCUT2D eigenvalue weighted by Gasteiger charge is 2.25. The molecule has 0 saturated heterocycles. The Kier molecular flexibility index (Phi) is 4.03. The number of hydrogen-bond donors (Lipinski definition) is 2. The average Bonchev–Trinajstić information content (AvgIpc) is 2.20. The lowest BCUT2D eigenvalue weighted by Gasteiger charge is -2.29. The van der Waals surface area contributed by atoms with Gasteiger partial charge in [-0.05, 0) is 0 Å². The Morgan fingerprint density at radius 3 is 2.36 bits per heavy atom. The van der Waals surface area contributed by atoms with E-state index < -0.39 is 0 Å². The molecule has 0 aliphatic rings. The normalized spacial score (nSPS) is 15.1. The van der Waals surface area contributed by atoms with E-state index in [0.717, 1.165) is 5.69 Å². The first-order valence-electron chi connectivity index (χ1n) is 4.69. The van der Waals surface area contributed by atoms with Crippen LogP contribution in [-0.2, 0) is 4.84 Å². The molecule has 78 valence electrons. The van der Waals surface area contributed by atoms with Crippen molar-refractivity contribution in [1.29, 1.82) is 0 Å². The molecule has 0 aliphatic heterocycles. The van der Waals surface area contributed by atoms with Crippen LogP contribution in [-0.4, -0.2) is 26.9 Å². The molecule has 1 atom stereocenters. The van der Waals surface area contributed by atoms with Gasteiger partial charge >= 0.3 is 0 Å². The van der Waals surface area contributed by atoms with Crippen molar-refractivity contribution < 1.29 is 4.84 Å². The number of nitrogens with zero attached hydrogens (tertiary/aromatic N) is 1. The second kappa shape index (κ2) is 5.07. The van der Waals surface area contributed by atoms with Gasteiger partial charge < -0.3 is 11.5 Å². The minimum absolute atomic E-state index is 0.186. The van der Waals surface area contributed by atoms with Gasteiger partial charge in [0, 0.05) is 18.7 Å². The van der Waals surface area contributed by atoms with E-state index in [2.05, 4.69) is 0 Å². The van der Waals surface area contributed by atoms with Crippen LogP contribution in [0.1, 0.15) is 0 Å². The second-order valence-corrected chi connectivity index (χ2v) is 3.24. The number of quaternary nitrogens is 1. The Labute approximate surface area is 84.6 Å². The first-order valence-corrected chi connectivity index (χ1v) is 4.69. The number of rotatable bonds is 5. The van der Waals surface area contributed by atoms with E-state index >= 15 is 0 Å². The molecule has 1 rings (SSSR count). The fraction of sp³-hybridized carbons (Fsp3) is 0.400. The molecule has 0 aromatic heterocycles. The van der Waals surface area contributed by atoms with Crippen LogP contribution in [0.15, 0.2) is 30.3 Å². The zero-order valence-corrected chi connectivity index (χ0v) is 8.52. The Morgan fingerprint density at radius 2 is 1.86 bits per heavy atom. The van der Waals surface area contributed by atoms with Crippen molar-refractivity contribution in [1.82, 2.24) is 4.65 Å². The van der Waals surface area contributed by atoms with Crippen LogP contribution >= 0.6 is 0 Å². The number of para-hydroxylation sites is 1. The van der Waals surface area contributed by atoms with E-state index in [0.29, 0.717) is 17.7 Å². The highest BCUT2D eigenvalue weighted by Crippen LogP contribution is 2.19. The summed E-state index contributed by atoms with van der Waals surface area (Å²) in [5.41, 5.74) is 12.0. The van der Waals surface area contributed by atoms with Crippen LogP contribution in [0.4, 0.5) is 5.69 Å². The molecule has 4 N–H and O–H groups in total. The molecular weight excluding hydrogens is 178 g/mol. The second-order valence-electron chi connectivity index (χ2n) is 3.24. The maximum atomic E-state index is 5.55. The van der Waals surface area contributed by atoms with Gasteiger partial charge in [0.05, 0.1) is 0 Å². The fourth-order valence-electron chi connectivity index (χ4n) is 1.42. The molecule has 4 heteroatoms. The number of likely N-dealkylation sites (N-methyl/N-ethyl adjacent to an activating group) is 1. The topological polar surface area (TPSA) is 61.3 Å². The third-order valence-corrected chi connectivity index (χ3v) is 2.22. The number of hydrogen-bond acceptors (Lipinski definition) is 3. The predicted octanol–water partition coefficient (Wildman–Crippen LogP) is 0.430. The van der Waals surface area contributed by atoms with Crippen LogP contribution in [0, 0.1) is 0 Å². The summed E-state index contributed by atoms with van der Waals surface area (Å²) in [4.78, 5) is 5.49. The van der Waals surface area contributed by atoms with Gasteiger partial charge in [-0.3, -0.25) is 0 Å². The van der Waals surface area contributed by atoms with Crippen molar-refractivity contribution in [3.63, 3.8) is 0 Å². The highest BCUT2D eigenvalue weighted by molar-refractivity contribution is 5.39. The molecule has 0 saturated carbocycles. The zero-order valence-electron chi connectivity index (χ0n) is 8.52. The number of benzene rings is 1. The monoisotopic (exact) mass is 196 g/mol. The fourth-order valence-corrected chi connectivity index (χ4v) is 1.42. The van der Waals surface area contributed by atoms with Crippen molar-refractivity contribution in [2.45, 2.75) is 0 Å². The summed E-state index contributed by atoms with van der Waals surface area (Å²) < 4.78 is 0.327. The highest BCUT2D eigenvalue weighted by atomic mass is 16.7. The van der Waals surface area contributed by atoms with E-state index in [1.54, 1.807) is 0 Å². The lowest BCUT2D eigenvalue weighted by atomic mass is 10.3. The van der Waals surface area contributed by atoms with Crippen molar-refractivity contribution >= 4 is 5.69 Å². The Morgan fingerprint density at radius 1 is 1.21 bits per heavy atom. The molecule has 0 amide bonds. The van der Waals surface area contributed by atoms with E-state index in [-0.39, 0.29) is 6.73 Å². The molecule has 0 spiro atoms. The molecule has 0 bridgehead atoms. The third kappa shape index (κ3) is 2.52. The third-order valence-electron chi connectivity index (χ3n) is 2.22. The van der Waals surface area contributed by atoms with Gasteiger partial charge in [0.15, 0.2) is 12.4 Å². The maximum Gasteiger partial charge on any atom is 0.165 e. The van der Waals surface area contributed by atoms with Crippen molar-refractivity contribution in [2.24, 2.45) is 11.5 Å². The van der Waals surface area contributed by atoms with Gasteiger partial charge in [0.25, 0.3) is 0 Å². The SMILES string of the molecule is C[N+](CCN)(OCN)c1ccccc1. The molecule has 4 nitrogen and oxygen atoms in total. The molecule has 0 radical (unpaired) electrons. The summed E-state index contributed by atoms with van der Waals surface area (Å²) in [5, 5.41) is 0. The van der Waals surface area contributed by atoms with Crippen molar-refractivity contribution in [3.05, 3.63) is 30.3 Å². The molecule has 0 aliphatic carbocycles. The van der Waals surface area contributed by atoms with Crippen LogP contribution in [0.5, 0.6) is 0 Å². The maximum absolute atomic E-state index is 5.55. The van der Waals surface area contributed by atoms with Crippen LogP contribution in [0.3, 0.4) is 0 Å². The summed E-state index contributed by atoms with van der Waals surface area (Å²) in [6.45, 7) is 1.46. The van der Waals surface area contributed by atoms with Crippen LogP contribution < -0.4 is 16.1 Å². The summed E-state index contributed by atoms with van der Waals surface area (Å²) in [6.07, 6.45) is 0. The Balaban J connectivity index is 2.87. The average molecular weight is 196 g/mol. The summed E-state index contributed by atoms with van der Waals surface area (Å²) in [6, 6.07) is 9.93. The molecule has 14 heavy (non-hydrogen) atoms. The van der Waals surface area contributed by atoms with Gasteiger partial charge in [0.2, 0.25) is 0 Å². The molecule has 1 unspecified atom stereocenters. The van der Waals surface area contributed by atoms with E-state index in [9.17, 15) is 0 Å². The zero-order chi connectivity index (χ0) is 10.4. The summed E-state index contributed by atoms with van der Waals surface area (Å²) >= 11 is 0. The van der Waals surface area contributed by atoms with Gasteiger partial charge in [0.1, 0.15) is 13.6 Å². The number of hydroxylamine groups is 2. The van der Waals surface area contributed by atoms with Crippen molar-refractivity contribution in [3.8, 4) is 0 Å². The lowest BCUT2D eigenvalue weighted by Crippen LogP contribution is -2.49. The molecular formula is C10H18N3O+. The number of nitrogens with two attached hydrogens (primary N) is 2. The first kappa shape index (κ1) is 11.1. The first-order chi connectivity index (χ1) is 6.73. The van der Waals surface area contributed by atoms with Crippen LogP contribution in [0.2, 0.25) is 0 Å². The van der Waals surface area contributed by atoms with E-state index in [1.807, 2.05) is 37.4 Å². The van der Waals surface area contributed by atoms with Gasteiger partial charge in [-0.15, -0.1) is 4.65 Å². The van der Waals surface area contributed by atoms with Gasteiger partial charge in [-0.1, -0.05) is 18.2 Å². The standard InChI is InChI=1S/C10H18N3O/c1-13(8-7-11,14-9-12)10-5-3-2-4-6-10/h2-6H,7-9,11-12H2,1H3/q+1. The predicted molar refractivity (Wildman–Crippen MR) is 58.2 cm³/mol. The minimum Gasteiger partial charge on any atom is -0.325 e. The summed E-state index contributed by atoms with van der Waals surface area (Å²) in [5.74, 6) is 0. The molecule has 0 heterocycles. The largest absolute Gasteiger partial charge is 0.325 e. The Bertz CT molecular complexity index is 257. The summed E-state index contributed by atoms with van der Waals surface area (Å²) in [7, 11) is 1.95. The molecule has 0 fully saturated rings. The quantitative estimate of drug-likeness (QED) is 0.408. The molecule has 1 aromatic carbocycles. The molecule has 1 aromatic rings. The van der Waals surface area contributed by atoms with Crippen LogP contribution in [0.25, 0.3) is 0 Å².